The first kappa shape index (κ1) is 11.1. The van der Waals surface area contributed by atoms with Crippen LogP contribution < -0.4 is 5.32 Å². The molecule has 0 atom stereocenters. The van der Waals surface area contributed by atoms with Gasteiger partial charge in [0.15, 0.2) is 0 Å². The molecule has 1 aromatic rings. The molecule has 16 heavy (non-hydrogen) atoms. The molecule has 0 saturated heterocycles. The number of hydrogen-bond donors (Lipinski definition) is 1. The van der Waals surface area contributed by atoms with Crippen LogP contribution in [-0.4, -0.2) is 11.9 Å². The minimum atomic E-state index is -0.410. The minimum Gasteiger partial charge on any atom is -0.349 e. The predicted octanol–water partition coefficient (Wildman–Crippen LogP) is 2.66. The van der Waals surface area contributed by atoms with Crippen molar-refractivity contribution in [1.82, 2.24) is 5.32 Å². The van der Waals surface area contributed by atoms with E-state index < -0.39 is 5.82 Å². The molecule has 2 nitrogen and oxygen atoms in total. The zero-order valence-electron chi connectivity index (χ0n) is 9.59. The molecule has 1 N–H and O–H groups in total. The fourth-order valence-electron chi connectivity index (χ4n) is 2.11. The van der Waals surface area contributed by atoms with E-state index in [0.717, 1.165) is 12.8 Å². The smallest absolute Gasteiger partial charge is 0.254 e. The van der Waals surface area contributed by atoms with Crippen molar-refractivity contribution >= 4 is 5.91 Å². The maximum absolute atomic E-state index is 13.6. The molecular formula is C13H16FNO. The summed E-state index contributed by atoms with van der Waals surface area (Å²) >= 11 is 0. The minimum absolute atomic E-state index is 0.152. The van der Waals surface area contributed by atoms with Gasteiger partial charge >= 0.3 is 0 Å². The molecule has 0 unspecified atom stereocenters. The summed E-state index contributed by atoms with van der Waals surface area (Å²) in [5.41, 5.74) is 0.661. The van der Waals surface area contributed by atoms with Crippen LogP contribution in [0.15, 0.2) is 18.2 Å². The Balaban J connectivity index is 2.06. The van der Waals surface area contributed by atoms with Crippen molar-refractivity contribution in [3.05, 3.63) is 35.1 Å². The summed E-state index contributed by atoms with van der Waals surface area (Å²) in [7, 11) is 0. The number of halogens is 1. The molecule has 0 spiro atoms. The highest BCUT2D eigenvalue weighted by molar-refractivity contribution is 5.94. The van der Waals surface area contributed by atoms with Crippen LogP contribution >= 0.6 is 0 Å². The summed E-state index contributed by atoms with van der Waals surface area (Å²) in [5, 5.41) is 2.85. The van der Waals surface area contributed by atoms with Crippen molar-refractivity contribution in [1.29, 1.82) is 0 Å². The maximum Gasteiger partial charge on any atom is 0.254 e. The number of hydrogen-bond acceptors (Lipinski definition) is 1. The topological polar surface area (TPSA) is 29.1 Å². The van der Waals surface area contributed by atoms with E-state index in [-0.39, 0.29) is 17.5 Å². The summed E-state index contributed by atoms with van der Waals surface area (Å²) in [6.45, 7) is 3.81. The fourth-order valence-corrected chi connectivity index (χ4v) is 2.11. The summed E-state index contributed by atoms with van der Waals surface area (Å²) in [6.07, 6.45) is 2.00. The average Bonchev–Trinajstić information content (AvgIpc) is 2.19. The van der Waals surface area contributed by atoms with E-state index in [1.807, 2.05) is 0 Å². The lowest BCUT2D eigenvalue weighted by molar-refractivity contribution is 0.0892. The van der Waals surface area contributed by atoms with E-state index >= 15 is 0 Å². The average molecular weight is 221 g/mol. The van der Waals surface area contributed by atoms with Gasteiger partial charge in [0.1, 0.15) is 5.82 Å². The van der Waals surface area contributed by atoms with E-state index in [9.17, 15) is 9.18 Å². The monoisotopic (exact) mass is 221 g/mol. The van der Waals surface area contributed by atoms with E-state index in [4.69, 9.17) is 0 Å². The van der Waals surface area contributed by atoms with Gasteiger partial charge in [0, 0.05) is 6.04 Å². The van der Waals surface area contributed by atoms with E-state index in [0.29, 0.717) is 11.5 Å². The van der Waals surface area contributed by atoms with E-state index in [2.05, 4.69) is 12.2 Å². The maximum atomic E-state index is 13.6. The molecule has 1 amide bonds. The van der Waals surface area contributed by atoms with Crippen molar-refractivity contribution in [2.24, 2.45) is 5.92 Å². The molecule has 0 radical (unpaired) electrons. The molecule has 0 heterocycles. The SMILES string of the molecule is Cc1cccc(C(=O)NC2CC(C)C2)c1F. The third-order valence-electron chi connectivity index (χ3n) is 3.15. The van der Waals surface area contributed by atoms with Crippen molar-refractivity contribution in [2.75, 3.05) is 0 Å². The van der Waals surface area contributed by atoms with Crippen molar-refractivity contribution in [3.63, 3.8) is 0 Å². The number of amides is 1. The van der Waals surface area contributed by atoms with Crippen LogP contribution in [0.3, 0.4) is 0 Å². The van der Waals surface area contributed by atoms with Gasteiger partial charge in [-0.15, -0.1) is 0 Å². The Morgan fingerprint density at radius 1 is 1.44 bits per heavy atom. The molecule has 1 fully saturated rings. The fraction of sp³-hybridized carbons (Fsp3) is 0.462. The highest BCUT2D eigenvalue weighted by atomic mass is 19.1. The van der Waals surface area contributed by atoms with Gasteiger partial charge in [-0.05, 0) is 37.3 Å². The van der Waals surface area contributed by atoms with E-state index in [1.54, 1.807) is 19.1 Å². The van der Waals surface area contributed by atoms with Gasteiger partial charge < -0.3 is 5.32 Å². The van der Waals surface area contributed by atoms with Crippen molar-refractivity contribution < 1.29 is 9.18 Å². The summed E-state index contributed by atoms with van der Waals surface area (Å²) in [6, 6.07) is 5.12. The van der Waals surface area contributed by atoms with Crippen LogP contribution in [0.5, 0.6) is 0 Å². The molecule has 0 aliphatic heterocycles. The first-order valence-corrected chi connectivity index (χ1v) is 5.64. The number of carbonyl (C=O) groups excluding carboxylic acids is 1. The number of aryl methyl sites for hydroxylation is 1. The summed E-state index contributed by atoms with van der Waals surface area (Å²) in [5.74, 6) is -0.0295. The molecule has 2 rings (SSSR count). The van der Waals surface area contributed by atoms with Crippen molar-refractivity contribution in [2.45, 2.75) is 32.7 Å². The second kappa shape index (κ2) is 4.24. The first-order chi connectivity index (χ1) is 7.58. The number of nitrogens with one attached hydrogen (secondary N) is 1. The summed E-state index contributed by atoms with van der Waals surface area (Å²) in [4.78, 5) is 11.8. The molecule has 0 aromatic heterocycles. The second-order valence-corrected chi connectivity index (χ2v) is 4.68. The molecule has 1 aromatic carbocycles. The molecule has 1 saturated carbocycles. The van der Waals surface area contributed by atoms with Crippen LogP contribution in [-0.2, 0) is 0 Å². The zero-order chi connectivity index (χ0) is 11.7. The highest BCUT2D eigenvalue weighted by Crippen LogP contribution is 2.26. The van der Waals surface area contributed by atoms with Gasteiger partial charge in [-0.2, -0.15) is 0 Å². The van der Waals surface area contributed by atoms with Crippen LogP contribution in [0.25, 0.3) is 0 Å². The van der Waals surface area contributed by atoms with Crippen LogP contribution in [0.2, 0.25) is 0 Å². The molecule has 0 bridgehead atoms. The van der Waals surface area contributed by atoms with Gasteiger partial charge in [-0.3, -0.25) is 4.79 Å². The lowest BCUT2D eigenvalue weighted by Crippen LogP contribution is -2.43. The third kappa shape index (κ3) is 2.08. The Morgan fingerprint density at radius 3 is 2.75 bits per heavy atom. The normalized spacial score (nSPS) is 23.7. The zero-order valence-corrected chi connectivity index (χ0v) is 9.59. The molecule has 1 aliphatic rings. The number of rotatable bonds is 2. The van der Waals surface area contributed by atoms with Crippen LogP contribution in [0, 0.1) is 18.7 Å². The Morgan fingerprint density at radius 2 is 2.12 bits per heavy atom. The predicted molar refractivity (Wildman–Crippen MR) is 60.8 cm³/mol. The molecule has 3 heteroatoms. The van der Waals surface area contributed by atoms with Crippen LogP contribution in [0.1, 0.15) is 35.7 Å². The molecular weight excluding hydrogens is 205 g/mol. The highest BCUT2D eigenvalue weighted by Gasteiger charge is 2.27. The van der Waals surface area contributed by atoms with Crippen LogP contribution in [0.4, 0.5) is 4.39 Å². The van der Waals surface area contributed by atoms with Gasteiger partial charge in [-0.25, -0.2) is 4.39 Å². The van der Waals surface area contributed by atoms with Gasteiger partial charge in [0.25, 0.3) is 5.91 Å². The second-order valence-electron chi connectivity index (χ2n) is 4.68. The Hall–Kier alpha value is -1.38. The van der Waals surface area contributed by atoms with Gasteiger partial charge in [-0.1, -0.05) is 19.1 Å². The third-order valence-corrected chi connectivity index (χ3v) is 3.15. The Labute approximate surface area is 94.9 Å². The molecule has 86 valence electrons. The largest absolute Gasteiger partial charge is 0.349 e. The number of carbonyl (C=O) groups is 1. The quantitative estimate of drug-likeness (QED) is 0.817. The van der Waals surface area contributed by atoms with Crippen molar-refractivity contribution in [3.8, 4) is 0 Å². The lowest BCUT2D eigenvalue weighted by Gasteiger charge is -2.33. The van der Waals surface area contributed by atoms with Gasteiger partial charge in [0.2, 0.25) is 0 Å². The lowest BCUT2D eigenvalue weighted by atomic mass is 9.82. The standard InChI is InChI=1S/C13H16FNO/c1-8-6-10(7-8)15-13(16)11-5-3-4-9(2)12(11)14/h3-5,8,10H,6-7H2,1-2H3,(H,15,16). The number of benzene rings is 1. The van der Waals surface area contributed by atoms with Gasteiger partial charge in [0.05, 0.1) is 5.56 Å². The first-order valence-electron chi connectivity index (χ1n) is 5.64. The molecule has 1 aliphatic carbocycles. The Bertz CT molecular complexity index is 410. The Kier molecular flexibility index (Phi) is 2.95. The summed E-state index contributed by atoms with van der Waals surface area (Å²) < 4.78 is 13.6. The van der Waals surface area contributed by atoms with E-state index in [1.165, 1.54) is 6.07 Å².